The Balaban J connectivity index is 2.14. The molecule has 6 heteroatoms. The third kappa shape index (κ3) is 3.33. The average Bonchev–Trinajstić information content (AvgIpc) is 2.72. The highest BCUT2D eigenvalue weighted by atomic mass is 16.4. The van der Waals surface area contributed by atoms with Crippen molar-refractivity contribution in [1.82, 2.24) is 15.1 Å². The fraction of sp³-hybridized carbons (Fsp3) is 0.312. The van der Waals surface area contributed by atoms with Crippen molar-refractivity contribution in [2.45, 2.75) is 26.3 Å². The molecule has 0 saturated heterocycles. The fourth-order valence-corrected chi connectivity index (χ4v) is 2.38. The van der Waals surface area contributed by atoms with Crippen LogP contribution in [-0.2, 0) is 23.1 Å². The molecule has 22 heavy (non-hydrogen) atoms. The van der Waals surface area contributed by atoms with E-state index >= 15 is 0 Å². The number of benzene rings is 1. The molecule has 0 aliphatic carbocycles. The van der Waals surface area contributed by atoms with E-state index in [0.29, 0.717) is 5.56 Å². The predicted molar refractivity (Wildman–Crippen MR) is 81.3 cm³/mol. The van der Waals surface area contributed by atoms with Gasteiger partial charge in [-0.2, -0.15) is 5.10 Å². The van der Waals surface area contributed by atoms with E-state index in [9.17, 15) is 14.7 Å². The molecule has 0 unspecified atom stereocenters. The lowest BCUT2D eigenvalue weighted by molar-refractivity contribution is -0.141. The zero-order valence-electron chi connectivity index (χ0n) is 12.8. The van der Waals surface area contributed by atoms with Crippen molar-refractivity contribution in [3.05, 3.63) is 52.8 Å². The maximum Gasteiger partial charge on any atom is 0.330 e. The number of hydrogen-bond donors (Lipinski definition) is 2. The number of aryl methyl sites for hydroxylation is 2. The number of nitrogens with one attached hydrogen (secondary N) is 1. The van der Waals surface area contributed by atoms with Gasteiger partial charge in [0, 0.05) is 18.3 Å². The summed E-state index contributed by atoms with van der Waals surface area (Å²) < 4.78 is 1.71. The molecule has 0 aliphatic heterocycles. The predicted octanol–water partition coefficient (Wildman–Crippen LogP) is 1.52. The van der Waals surface area contributed by atoms with E-state index in [4.69, 9.17) is 0 Å². The minimum atomic E-state index is -1.08. The molecule has 0 saturated carbocycles. The lowest BCUT2D eigenvalue weighted by Crippen LogP contribution is -2.34. The normalized spacial score (nSPS) is 12.0. The molecule has 2 aromatic rings. The Kier molecular flexibility index (Phi) is 4.60. The zero-order chi connectivity index (χ0) is 16.3. The Labute approximate surface area is 128 Å². The highest BCUT2D eigenvalue weighted by Crippen LogP contribution is 2.15. The topological polar surface area (TPSA) is 84.2 Å². The number of carbonyl (C=O) groups excluding carboxylic acids is 1. The molecule has 6 nitrogen and oxygen atoms in total. The van der Waals surface area contributed by atoms with Crippen LogP contribution in [-0.4, -0.2) is 26.8 Å². The molecular weight excluding hydrogens is 282 g/mol. The number of rotatable bonds is 5. The monoisotopic (exact) mass is 301 g/mol. The molecule has 116 valence electrons. The van der Waals surface area contributed by atoms with E-state index in [0.717, 1.165) is 17.0 Å². The SMILES string of the molecule is Cc1nn(C)c(C)c1CC(=O)N[C@H](C(=O)O)c1ccccc1. The van der Waals surface area contributed by atoms with Crippen molar-refractivity contribution < 1.29 is 14.7 Å². The van der Waals surface area contributed by atoms with Gasteiger partial charge in [-0.3, -0.25) is 9.48 Å². The maximum atomic E-state index is 12.2. The quantitative estimate of drug-likeness (QED) is 0.877. The standard InChI is InChI=1S/C16H19N3O3/c1-10-13(11(2)19(3)18-10)9-14(20)17-15(16(21)22)12-7-5-4-6-8-12/h4-8,15H,9H2,1-3H3,(H,17,20)(H,21,22)/t15-/m0/s1. The molecule has 0 spiro atoms. The zero-order valence-corrected chi connectivity index (χ0v) is 12.8. The summed E-state index contributed by atoms with van der Waals surface area (Å²) >= 11 is 0. The molecule has 0 aliphatic rings. The number of aliphatic carboxylic acids is 1. The van der Waals surface area contributed by atoms with E-state index in [2.05, 4.69) is 10.4 Å². The molecule has 0 fully saturated rings. The summed E-state index contributed by atoms with van der Waals surface area (Å²) in [7, 11) is 1.81. The molecule has 1 amide bonds. The van der Waals surface area contributed by atoms with Crippen molar-refractivity contribution in [1.29, 1.82) is 0 Å². The lowest BCUT2D eigenvalue weighted by atomic mass is 10.1. The van der Waals surface area contributed by atoms with Gasteiger partial charge in [0.05, 0.1) is 12.1 Å². The fourth-order valence-electron chi connectivity index (χ4n) is 2.38. The summed E-state index contributed by atoms with van der Waals surface area (Å²) in [5, 5.41) is 16.1. The van der Waals surface area contributed by atoms with E-state index in [1.165, 1.54) is 0 Å². The summed E-state index contributed by atoms with van der Waals surface area (Å²) in [5.41, 5.74) is 3.06. The Hall–Kier alpha value is -2.63. The molecule has 1 aromatic carbocycles. The van der Waals surface area contributed by atoms with Gasteiger partial charge in [-0.05, 0) is 19.4 Å². The summed E-state index contributed by atoms with van der Waals surface area (Å²) in [6.45, 7) is 3.72. The third-order valence-electron chi connectivity index (χ3n) is 3.68. The third-order valence-corrected chi connectivity index (χ3v) is 3.68. The van der Waals surface area contributed by atoms with Crippen molar-refractivity contribution in [3.63, 3.8) is 0 Å². The minimum Gasteiger partial charge on any atom is -0.479 e. The van der Waals surface area contributed by atoms with Crippen LogP contribution in [0.2, 0.25) is 0 Å². The minimum absolute atomic E-state index is 0.113. The van der Waals surface area contributed by atoms with E-state index in [1.807, 2.05) is 20.9 Å². The van der Waals surface area contributed by atoms with Crippen molar-refractivity contribution in [2.24, 2.45) is 7.05 Å². The Bertz CT molecular complexity index is 692. The van der Waals surface area contributed by atoms with Gasteiger partial charge in [-0.15, -0.1) is 0 Å². The molecule has 1 atom stereocenters. The average molecular weight is 301 g/mol. The van der Waals surface area contributed by atoms with Crippen LogP contribution in [0, 0.1) is 13.8 Å². The van der Waals surface area contributed by atoms with Crippen LogP contribution in [0.4, 0.5) is 0 Å². The second-order valence-electron chi connectivity index (χ2n) is 5.20. The van der Waals surface area contributed by atoms with E-state index in [1.54, 1.807) is 35.0 Å². The Morgan fingerprint density at radius 1 is 1.27 bits per heavy atom. The van der Waals surface area contributed by atoms with Crippen molar-refractivity contribution in [3.8, 4) is 0 Å². The van der Waals surface area contributed by atoms with Crippen LogP contribution < -0.4 is 5.32 Å². The number of carbonyl (C=O) groups is 2. The van der Waals surface area contributed by atoms with Crippen LogP contribution in [0.5, 0.6) is 0 Å². The second-order valence-corrected chi connectivity index (χ2v) is 5.20. The largest absolute Gasteiger partial charge is 0.479 e. The maximum absolute atomic E-state index is 12.2. The number of carboxylic acid groups (broad SMARTS) is 1. The smallest absolute Gasteiger partial charge is 0.330 e. The number of nitrogens with zero attached hydrogens (tertiary/aromatic N) is 2. The van der Waals surface area contributed by atoms with Crippen LogP contribution in [0.3, 0.4) is 0 Å². The summed E-state index contributed by atoms with van der Waals surface area (Å²) in [6, 6.07) is 7.59. The number of aromatic nitrogens is 2. The van der Waals surface area contributed by atoms with Gasteiger partial charge < -0.3 is 10.4 Å². The molecular formula is C16H19N3O3. The van der Waals surface area contributed by atoms with Crippen molar-refractivity contribution >= 4 is 11.9 Å². The first-order chi connectivity index (χ1) is 10.4. The van der Waals surface area contributed by atoms with Gasteiger partial charge in [0.1, 0.15) is 0 Å². The first kappa shape index (κ1) is 15.8. The molecule has 1 aromatic heterocycles. The van der Waals surface area contributed by atoms with Crippen LogP contribution >= 0.6 is 0 Å². The number of hydrogen-bond acceptors (Lipinski definition) is 3. The molecule has 0 radical (unpaired) electrons. The first-order valence-corrected chi connectivity index (χ1v) is 6.96. The number of amides is 1. The van der Waals surface area contributed by atoms with Gasteiger partial charge in [0.15, 0.2) is 6.04 Å². The van der Waals surface area contributed by atoms with E-state index in [-0.39, 0.29) is 12.3 Å². The highest BCUT2D eigenvalue weighted by molar-refractivity contribution is 5.86. The van der Waals surface area contributed by atoms with E-state index < -0.39 is 12.0 Å². The van der Waals surface area contributed by atoms with Gasteiger partial charge in [-0.25, -0.2) is 4.79 Å². The Morgan fingerprint density at radius 3 is 2.41 bits per heavy atom. The highest BCUT2D eigenvalue weighted by Gasteiger charge is 2.23. The number of carboxylic acids is 1. The summed E-state index contributed by atoms with van der Waals surface area (Å²) in [4.78, 5) is 23.6. The van der Waals surface area contributed by atoms with Crippen LogP contribution in [0.25, 0.3) is 0 Å². The second kappa shape index (κ2) is 6.43. The van der Waals surface area contributed by atoms with Crippen molar-refractivity contribution in [2.75, 3.05) is 0 Å². The molecule has 2 rings (SSSR count). The first-order valence-electron chi connectivity index (χ1n) is 6.96. The molecule has 0 bridgehead atoms. The molecule has 1 heterocycles. The van der Waals surface area contributed by atoms with Gasteiger partial charge in [0.25, 0.3) is 0 Å². The summed E-state index contributed by atoms with van der Waals surface area (Å²) in [6.07, 6.45) is 0.113. The summed E-state index contributed by atoms with van der Waals surface area (Å²) in [5.74, 6) is -1.42. The Morgan fingerprint density at radius 2 is 1.91 bits per heavy atom. The van der Waals surface area contributed by atoms with Crippen LogP contribution in [0.1, 0.15) is 28.6 Å². The molecule has 2 N–H and O–H groups in total. The van der Waals surface area contributed by atoms with Crippen LogP contribution in [0.15, 0.2) is 30.3 Å². The van der Waals surface area contributed by atoms with Gasteiger partial charge in [-0.1, -0.05) is 30.3 Å². The van der Waals surface area contributed by atoms with Gasteiger partial charge >= 0.3 is 5.97 Å². The van der Waals surface area contributed by atoms with Gasteiger partial charge in [0.2, 0.25) is 5.91 Å². The lowest BCUT2D eigenvalue weighted by Gasteiger charge is -2.15.